The summed E-state index contributed by atoms with van der Waals surface area (Å²) in [5.74, 6) is 0. The third kappa shape index (κ3) is 6.19. The molecule has 1 N–H and O–H groups in total. The number of carbonyl (C=O) groups excluding carboxylic acids is 1. The van der Waals surface area contributed by atoms with Crippen molar-refractivity contribution in [3.63, 3.8) is 0 Å². The van der Waals surface area contributed by atoms with Gasteiger partial charge in [-0.05, 0) is 25.3 Å². The third-order valence-corrected chi connectivity index (χ3v) is 2.88. The molecule has 0 aromatic heterocycles. The molecule has 1 aromatic carbocycles. The molecular weight excluding hydrogens is 316 g/mol. The van der Waals surface area contributed by atoms with E-state index in [0.29, 0.717) is 12.3 Å². The molecule has 0 aliphatic carbocycles. The van der Waals surface area contributed by atoms with Crippen LogP contribution in [0.25, 0.3) is 0 Å². The average Bonchev–Trinajstić information content (AvgIpc) is 2.38. The summed E-state index contributed by atoms with van der Waals surface area (Å²) in [7, 11) is 0. The van der Waals surface area contributed by atoms with Crippen molar-refractivity contribution in [2.75, 3.05) is 17.3 Å². The second-order valence-electron chi connectivity index (χ2n) is 3.82. The number of hydrogen-bond acceptors (Lipinski definition) is 4. The van der Waals surface area contributed by atoms with Crippen molar-refractivity contribution >= 4 is 33.4 Å². The highest BCUT2D eigenvalue weighted by molar-refractivity contribution is 9.09. The van der Waals surface area contributed by atoms with Crippen LogP contribution >= 0.6 is 15.9 Å². The highest BCUT2D eigenvalue weighted by atomic mass is 79.9. The van der Waals surface area contributed by atoms with E-state index in [9.17, 15) is 14.9 Å². The van der Waals surface area contributed by atoms with Gasteiger partial charge in [-0.2, -0.15) is 0 Å². The van der Waals surface area contributed by atoms with Gasteiger partial charge >= 0.3 is 6.09 Å². The first-order valence-electron chi connectivity index (χ1n) is 5.87. The number of anilines is 1. The molecule has 19 heavy (non-hydrogen) atoms. The quantitative estimate of drug-likeness (QED) is 0.357. The van der Waals surface area contributed by atoms with Crippen molar-refractivity contribution in [2.24, 2.45) is 0 Å². The van der Waals surface area contributed by atoms with E-state index in [-0.39, 0.29) is 5.69 Å². The minimum Gasteiger partial charge on any atom is -0.449 e. The van der Waals surface area contributed by atoms with Crippen molar-refractivity contribution in [3.05, 3.63) is 34.4 Å². The first kappa shape index (κ1) is 15.4. The predicted octanol–water partition coefficient (Wildman–Crippen LogP) is 3.71. The van der Waals surface area contributed by atoms with Crippen molar-refractivity contribution in [3.8, 4) is 0 Å². The van der Waals surface area contributed by atoms with Gasteiger partial charge in [0.15, 0.2) is 0 Å². The normalized spacial score (nSPS) is 9.95. The van der Waals surface area contributed by atoms with Gasteiger partial charge in [-0.1, -0.05) is 22.0 Å². The Balaban J connectivity index is 2.35. The molecule has 1 rings (SSSR count). The van der Waals surface area contributed by atoms with Gasteiger partial charge in [-0.15, -0.1) is 0 Å². The third-order valence-electron chi connectivity index (χ3n) is 2.31. The Morgan fingerprint density at radius 1 is 1.37 bits per heavy atom. The molecule has 7 heteroatoms. The van der Waals surface area contributed by atoms with Crippen molar-refractivity contribution < 1.29 is 14.5 Å². The lowest BCUT2D eigenvalue weighted by Crippen LogP contribution is -2.14. The van der Waals surface area contributed by atoms with Crippen LogP contribution in [0.2, 0.25) is 0 Å². The standard InChI is InChI=1S/C12H15BrN2O4/c13-7-2-1-3-8-19-12(16)14-10-5-4-6-11(9-10)15(17)18/h4-6,9H,1-3,7-8H2,(H,14,16). The number of benzene rings is 1. The Morgan fingerprint density at radius 2 is 2.16 bits per heavy atom. The molecule has 0 atom stereocenters. The fraction of sp³-hybridized carbons (Fsp3) is 0.417. The molecule has 6 nitrogen and oxygen atoms in total. The van der Waals surface area contributed by atoms with E-state index in [1.807, 2.05) is 0 Å². The molecule has 104 valence electrons. The fourth-order valence-electron chi connectivity index (χ4n) is 1.39. The van der Waals surface area contributed by atoms with E-state index in [4.69, 9.17) is 4.74 Å². The lowest BCUT2D eigenvalue weighted by Gasteiger charge is -2.06. The van der Waals surface area contributed by atoms with E-state index in [0.717, 1.165) is 24.6 Å². The lowest BCUT2D eigenvalue weighted by atomic mass is 10.3. The molecule has 0 radical (unpaired) electrons. The molecule has 0 saturated heterocycles. The molecule has 0 heterocycles. The van der Waals surface area contributed by atoms with Crippen LogP contribution in [0.15, 0.2) is 24.3 Å². The van der Waals surface area contributed by atoms with Crippen LogP contribution < -0.4 is 5.32 Å². The molecule has 0 saturated carbocycles. The molecule has 0 aliphatic heterocycles. The van der Waals surface area contributed by atoms with Crippen molar-refractivity contribution in [1.82, 2.24) is 0 Å². The highest BCUT2D eigenvalue weighted by Crippen LogP contribution is 2.17. The number of ether oxygens (including phenoxy) is 1. The Bertz CT molecular complexity index is 439. The van der Waals surface area contributed by atoms with E-state index in [1.54, 1.807) is 6.07 Å². The summed E-state index contributed by atoms with van der Waals surface area (Å²) in [6.45, 7) is 0.341. The zero-order valence-corrected chi connectivity index (χ0v) is 11.9. The maximum Gasteiger partial charge on any atom is 0.411 e. The number of rotatable bonds is 7. The van der Waals surface area contributed by atoms with Gasteiger partial charge in [0.1, 0.15) is 0 Å². The van der Waals surface area contributed by atoms with E-state index in [2.05, 4.69) is 21.2 Å². The Hall–Kier alpha value is -1.63. The average molecular weight is 331 g/mol. The molecule has 0 bridgehead atoms. The molecule has 0 fully saturated rings. The second-order valence-corrected chi connectivity index (χ2v) is 4.61. The number of nitro benzene ring substituents is 1. The molecule has 1 aromatic rings. The number of nitro groups is 1. The fourth-order valence-corrected chi connectivity index (χ4v) is 1.79. The molecule has 0 unspecified atom stereocenters. The maximum absolute atomic E-state index is 11.4. The lowest BCUT2D eigenvalue weighted by molar-refractivity contribution is -0.384. The monoisotopic (exact) mass is 330 g/mol. The van der Waals surface area contributed by atoms with E-state index in [1.165, 1.54) is 18.2 Å². The summed E-state index contributed by atoms with van der Waals surface area (Å²) in [5, 5.41) is 14.0. The summed E-state index contributed by atoms with van der Waals surface area (Å²) in [6, 6.07) is 5.71. The first-order valence-corrected chi connectivity index (χ1v) is 7.00. The largest absolute Gasteiger partial charge is 0.449 e. The highest BCUT2D eigenvalue weighted by Gasteiger charge is 2.08. The number of nitrogens with zero attached hydrogens (tertiary/aromatic N) is 1. The van der Waals surface area contributed by atoms with Gasteiger partial charge in [-0.3, -0.25) is 15.4 Å². The molecule has 1 amide bonds. The molecular formula is C12H15BrN2O4. The second kappa shape index (κ2) is 8.47. The molecule has 0 aliphatic rings. The van der Waals surface area contributed by atoms with Crippen LogP contribution in [-0.4, -0.2) is 23.0 Å². The topological polar surface area (TPSA) is 81.5 Å². The zero-order valence-electron chi connectivity index (χ0n) is 10.3. The summed E-state index contributed by atoms with van der Waals surface area (Å²) in [6.07, 6.45) is 2.22. The number of halogens is 1. The van der Waals surface area contributed by atoms with Crippen LogP contribution in [0.4, 0.5) is 16.2 Å². The Kier molecular flexibility index (Phi) is 6.88. The predicted molar refractivity (Wildman–Crippen MR) is 75.7 cm³/mol. The van der Waals surface area contributed by atoms with Crippen LogP contribution in [-0.2, 0) is 4.74 Å². The van der Waals surface area contributed by atoms with Crippen LogP contribution in [0.3, 0.4) is 0 Å². The number of carbonyl (C=O) groups is 1. The van der Waals surface area contributed by atoms with Gasteiger partial charge in [0.05, 0.1) is 17.2 Å². The number of hydrogen-bond donors (Lipinski definition) is 1. The van der Waals surface area contributed by atoms with Crippen molar-refractivity contribution in [2.45, 2.75) is 19.3 Å². The number of non-ortho nitro benzene ring substituents is 1. The van der Waals surface area contributed by atoms with Gasteiger partial charge < -0.3 is 4.74 Å². The summed E-state index contributed by atoms with van der Waals surface area (Å²) in [5.41, 5.74) is 0.273. The van der Waals surface area contributed by atoms with Gasteiger partial charge in [0.25, 0.3) is 5.69 Å². The minimum absolute atomic E-state index is 0.0740. The van der Waals surface area contributed by atoms with Crippen LogP contribution in [0, 0.1) is 10.1 Å². The van der Waals surface area contributed by atoms with Crippen LogP contribution in [0.1, 0.15) is 19.3 Å². The summed E-state index contributed by atoms with van der Waals surface area (Å²) < 4.78 is 4.96. The summed E-state index contributed by atoms with van der Waals surface area (Å²) >= 11 is 3.32. The van der Waals surface area contributed by atoms with Gasteiger partial charge in [-0.25, -0.2) is 4.79 Å². The van der Waals surface area contributed by atoms with Gasteiger partial charge in [0, 0.05) is 17.5 Å². The Labute approximate surface area is 119 Å². The maximum atomic E-state index is 11.4. The molecule has 0 spiro atoms. The smallest absolute Gasteiger partial charge is 0.411 e. The van der Waals surface area contributed by atoms with Crippen LogP contribution in [0.5, 0.6) is 0 Å². The van der Waals surface area contributed by atoms with Gasteiger partial charge in [0.2, 0.25) is 0 Å². The first-order chi connectivity index (χ1) is 9.13. The summed E-state index contributed by atoms with van der Waals surface area (Å²) in [4.78, 5) is 21.5. The van der Waals surface area contributed by atoms with E-state index < -0.39 is 11.0 Å². The SMILES string of the molecule is O=C(Nc1cccc([N+](=O)[O-])c1)OCCCCCBr. The van der Waals surface area contributed by atoms with Crippen molar-refractivity contribution in [1.29, 1.82) is 0 Å². The zero-order chi connectivity index (χ0) is 14.1. The Morgan fingerprint density at radius 3 is 2.84 bits per heavy atom. The minimum atomic E-state index is -0.598. The number of amides is 1. The number of unbranched alkanes of at least 4 members (excludes halogenated alkanes) is 2. The number of alkyl halides is 1. The number of nitrogens with one attached hydrogen (secondary N) is 1. The van der Waals surface area contributed by atoms with E-state index >= 15 is 0 Å².